The Morgan fingerprint density at radius 2 is 1.42 bits per heavy atom. The van der Waals surface area contributed by atoms with Crippen molar-refractivity contribution in [1.82, 2.24) is 0 Å². The van der Waals surface area contributed by atoms with E-state index in [1.54, 1.807) is 42.5 Å². The molecule has 0 aliphatic carbocycles. The average Bonchev–Trinajstić information content (AvgIpc) is 3.00. The number of carboxylic acids is 1. The van der Waals surface area contributed by atoms with Crippen molar-refractivity contribution in [2.45, 2.75) is 97.3 Å². The molecule has 0 heterocycles. The minimum atomic E-state index is -0.818. The third-order valence-corrected chi connectivity index (χ3v) is 7.74. The van der Waals surface area contributed by atoms with Crippen molar-refractivity contribution in [1.29, 1.82) is 0 Å². The predicted octanol–water partition coefficient (Wildman–Crippen LogP) is 10.1. The van der Waals surface area contributed by atoms with E-state index in [0.717, 1.165) is 24.0 Å². The number of benzene rings is 3. The molecule has 232 valence electrons. The Kier molecular flexibility index (Phi) is 14.8. The van der Waals surface area contributed by atoms with Gasteiger partial charge in [0, 0.05) is 6.42 Å². The van der Waals surface area contributed by atoms with Gasteiger partial charge in [0.15, 0.2) is 11.6 Å². The van der Waals surface area contributed by atoms with E-state index in [0.29, 0.717) is 36.3 Å². The van der Waals surface area contributed by atoms with Gasteiger partial charge in [0.2, 0.25) is 0 Å². The van der Waals surface area contributed by atoms with Crippen molar-refractivity contribution in [3.8, 4) is 22.6 Å². The molecule has 0 amide bonds. The number of unbranched alkanes of at least 4 members (excludes halogenated alkanes) is 9. The largest absolute Gasteiger partial charge is 0.491 e. The minimum absolute atomic E-state index is 0.106. The van der Waals surface area contributed by atoms with Crippen LogP contribution in [0.15, 0.2) is 66.7 Å². The average molecular weight is 591 g/mol. The van der Waals surface area contributed by atoms with Gasteiger partial charge >= 0.3 is 11.9 Å². The zero-order chi connectivity index (χ0) is 30.9. The molecule has 5 nitrogen and oxygen atoms in total. The maximum atomic E-state index is 14.8. The molecule has 0 bridgehead atoms. The summed E-state index contributed by atoms with van der Waals surface area (Å²) in [7, 11) is 0. The van der Waals surface area contributed by atoms with Crippen LogP contribution in [-0.2, 0) is 11.2 Å². The third-order valence-electron chi connectivity index (χ3n) is 7.74. The van der Waals surface area contributed by atoms with E-state index in [2.05, 4.69) is 6.92 Å². The molecular weight excluding hydrogens is 543 g/mol. The molecule has 0 aliphatic rings. The SMILES string of the molecule is CCCCCCCCCCCCOc1ccc(-c2ccc(C(=O)Oc3ccccc3C[C@@H](C)CCC(=O)O)cc2)cc1F. The summed E-state index contributed by atoms with van der Waals surface area (Å²) in [6, 6.07) is 19.1. The fourth-order valence-electron chi connectivity index (χ4n) is 5.15. The van der Waals surface area contributed by atoms with E-state index in [1.807, 2.05) is 25.1 Å². The maximum absolute atomic E-state index is 14.8. The molecule has 0 fully saturated rings. The Hall–Kier alpha value is -3.67. The van der Waals surface area contributed by atoms with Gasteiger partial charge in [-0.3, -0.25) is 4.79 Å². The Labute approximate surface area is 256 Å². The van der Waals surface area contributed by atoms with Crippen LogP contribution in [0.5, 0.6) is 11.5 Å². The Morgan fingerprint density at radius 3 is 2.07 bits per heavy atom. The fourth-order valence-corrected chi connectivity index (χ4v) is 5.15. The second kappa shape index (κ2) is 18.8. The van der Waals surface area contributed by atoms with Crippen LogP contribution in [0, 0.1) is 11.7 Å². The number of halogens is 1. The van der Waals surface area contributed by atoms with Crippen molar-refractivity contribution in [3.05, 3.63) is 83.7 Å². The van der Waals surface area contributed by atoms with Crippen LogP contribution >= 0.6 is 0 Å². The Bertz CT molecular complexity index is 1270. The number of carbonyl (C=O) groups is 2. The standard InChI is InChI=1S/C37H47FO5/c1-3-4-5-6-7-8-9-10-11-14-25-42-35-23-22-31(27-33(35)38)29-18-20-30(21-19-29)37(41)43-34-16-13-12-15-32(34)26-28(2)17-24-36(39)40/h12-13,15-16,18-23,27-28H,3-11,14,17,24-26H2,1-2H3,(H,39,40)/t28-/m0/s1. The van der Waals surface area contributed by atoms with Gasteiger partial charge in [0.25, 0.3) is 0 Å². The van der Waals surface area contributed by atoms with Gasteiger partial charge in [-0.15, -0.1) is 0 Å². The van der Waals surface area contributed by atoms with Crippen molar-refractivity contribution >= 4 is 11.9 Å². The predicted molar refractivity (Wildman–Crippen MR) is 170 cm³/mol. The number of hydrogen-bond acceptors (Lipinski definition) is 4. The molecule has 0 aliphatic heterocycles. The van der Waals surface area contributed by atoms with Crippen molar-refractivity contribution in [2.75, 3.05) is 6.61 Å². The molecule has 1 atom stereocenters. The molecule has 3 aromatic carbocycles. The summed E-state index contributed by atoms with van der Waals surface area (Å²) >= 11 is 0. The molecule has 0 aromatic heterocycles. The number of aliphatic carboxylic acids is 1. The molecular formula is C37H47FO5. The normalized spacial score (nSPS) is 11.7. The van der Waals surface area contributed by atoms with Gasteiger partial charge in [-0.25, -0.2) is 9.18 Å². The van der Waals surface area contributed by atoms with E-state index in [4.69, 9.17) is 14.6 Å². The van der Waals surface area contributed by atoms with E-state index in [9.17, 15) is 14.0 Å². The van der Waals surface area contributed by atoms with Crippen LogP contribution in [0.4, 0.5) is 4.39 Å². The lowest BCUT2D eigenvalue weighted by Crippen LogP contribution is -2.11. The van der Waals surface area contributed by atoms with Crippen LogP contribution in [0.2, 0.25) is 0 Å². The summed E-state index contributed by atoms with van der Waals surface area (Å²) in [5, 5.41) is 8.94. The van der Waals surface area contributed by atoms with Gasteiger partial charge in [0.05, 0.1) is 12.2 Å². The number of rotatable bonds is 20. The van der Waals surface area contributed by atoms with E-state index >= 15 is 0 Å². The number of carboxylic acid groups (broad SMARTS) is 1. The molecule has 0 saturated carbocycles. The summed E-state index contributed by atoms with van der Waals surface area (Å²) in [5.41, 5.74) is 2.72. The van der Waals surface area contributed by atoms with Crippen molar-refractivity contribution in [3.63, 3.8) is 0 Å². The number of hydrogen-bond donors (Lipinski definition) is 1. The summed E-state index contributed by atoms with van der Waals surface area (Å²) in [4.78, 5) is 23.8. The smallest absolute Gasteiger partial charge is 0.343 e. The Morgan fingerprint density at radius 1 is 0.791 bits per heavy atom. The molecule has 3 aromatic rings. The van der Waals surface area contributed by atoms with Crippen molar-refractivity contribution < 1.29 is 28.6 Å². The minimum Gasteiger partial charge on any atom is -0.491 e. The highest BCUT2D eigenvalue weighted by Gasteiger charge is 2.15. The highest BCUT2D eigenvalue weighted by Crippen LogP contribution is 2.28. The van der Waals surface area contributed by atoms with Crippen molar-refractivity contribution in [2.24, 2.45) is 5.92 Å². The van der Waals surface area contributed by atoms with Gasteiger partial charge < -0.3 is 14.6 Å². The quantitative estimate of drug-likeness (QED) is 0.0805. The van der Waals surface area contributed by atoms with Crippen LogP contribution in [0.25, 0.3) is 11.1 Å². The lowest BCUT2D eigenvalue weighted by atomic mass is 9.96. The molecule has 43 heavy (non-hydrogen) atoms. The Balaban J connectivity index is 1.46. The lowest BCUT2D eigenvalue weighted by Gasteiger charge is -2.14. The maximum Gasteiger partial charge on any atom is 0.343 e. The van der Waals surface area contributed by atoms with Gasteiger partial charge in [0.1, 0.15) is 5.75 Å². The van der Waals surface area contributed by atoms with Gasteiger partial charge in [-0.05, 0) is 72.2 Å². The van der Waals surface area contributed by atoms with E-state index < -0.39 is 17.8 Å². The first-order valence-electron chi connectivity index (χ1n) is 15.9. The summed E-state index contributed by atoms with van der Waals surface area (Å²) in [5.74, 6) is -0.847. The molecule has 3 rings (SSSR count). The molecule has 0 saturated heterocycles. The second-order valence-electron chi connectivity index (χ2n) is 11.5. The monoisotopic (exact) mass is 590 g/mol. The van der Waals surface area contributed by atoms with Crippen LogP contribution < -0.4 is 9.47 Å². The lowest BCUT2D eigenvalue weighted by molar-refractivity contribution is -0.137. The number of esters is 1. The van der Waals surface area contributed by atoms with E-state index in [1.165, 1.54) is 57.4 Å². The molecule has 0 unspecified atom stereocenters. The summed E-state index contributed by atoms with van der Waals surface area (Å²) in [6.07, 6.45) is 13.7. The summed E-state index contributed by atoms with van der Waals surface area (Å²) in [6.45, 7) is 4.73. The first kappa shape index (κ1) is 33.8. The second-order valence-corrected chi connectivity index (χ2v) is 11.5. The first-order chi connectivity index (χ1) is 20.9. The van der Waals surface area contributed by atoms with Gasteiger partial charge in [-0.2, -0.15) is 0 Å². The van der Waals surface area contributed by atoms with Crippen LogP contribution in [0.3, 0.4) is 0 Å². The number of carbonyl (C=O) groups excluding carboxylic acids is 1. The number of para-hydroxylation sites is 1. The number of ether oxygens (including phenoxy) is 2. The molecule has 0 radical (unpaired) electrons. The third kappa shape index (κ3) is 12.2. The summed E-state index contributed by atoms with van der Waals surface area (Å²) < 4.78 is 26.2. The van der Waals surface area contributed by atoms with Crippen LogP contribution in [-0.4, -0.2) is 23.7 Å². The zero-order valence-corrected chi connectivity index (χ0v) is 25.8. The topological polar surface area (TPSA) is 72.8 Å². The van der Waals surface area contributed by atoms with Gasteiger partial charge in [-0.1, -0.05) is 108 Å². The van der Waals surface area contributed by atoms with Crippen LogP contribution in [0.1, 0.15) is 107 Å². The highest BCUT2D eigenvalue weighted by molar-refractivity contribution is 5.91. The molecule has 6 heteroatoms. The fraction of sp³-hybridized carbons (Fsp3) is 0.459. The van der Waals surface area contributed by atoms with E-state index in [-0.39, 0.29) is 18.1 Å². The molecule has 0 spiro atoms. The highest BCUT2D eigenvalue weighted by atomic mass is 19.1. The molecule has 1 N–H and O–H groups in total. The zero-order valence-electron chi connectivity index (χ0n) is 25.8. The first-order valence-corrected chi connectivity index (χ1v) is 15.9.